The largest absolute Gasteiger partial charge is 0.369 e. The van der Waals surface area contributed by atoms with Crippen molar-refractivity contribution in [1.82, 2.24) is 14.7 Å². The minimum Gasteiger partial charge on any atom is -0.369 e. The van der Waals surface area contributed by atoms with Crippen LogP contribution < -0.4 is 5.56 Å². The van der Waals surface area contributed by atoms with Gasteiger partial charge in [-0.3, -0.25) is 9.59 Å². The van der Waals surface area contributed by atoms with Gasteiger partial charge in [0.25, 0.3) is 5.56 Å². The second kappa shape index (κ2) is 7.07. The van der Waals surface area contributed by atoms with Gasteiger partial charge in [-0.2, -0.15) is 5.10 Å². The summed E-state index contributed by atoms with van der Waals surface area (Å²) >= 11 is 1.76. The maximum atomic E-state index is 12.9. The molecule has 2 aliphatic heterocycles. The lowest BCUT2D eigenvalue weighted by atomic mass is 9.85. The maximum Gasteiger partial charge on any atom is 0.275 e. The number of nitrogens with zero attached hydrogens (tertiary/aromatic N) is 3. The number of piperidine rings is 1. The fraction of sp³-hybridized carbons (Fsp3) is 0.409. The zero-order valence-electron chi connectivity index (χ0n) is 16.4. The summed E-state index contributed by atoms with van der Waals surface area (Å²) in [4.78, 5) is 28.9. The lowest BCUT2D eigenvalue weighted by Gasteiger charge is -2.43. The number of carbonyl (C=O) groups is 1. The van der Waals surface area contributed by atoms with Crippen LogP contribution in [-0.2, 0) is 28.1 Å². The molecule has 29 heavy (non-hydrogen) atoms. The van der Waals surface area contributed by atoms with Crippen LogP contribution in [0, 0.1) is 6.92 Å². The molecule has 0 unspecified atom stereocenters. The van der Waals surface area contributed by atoms with Crippen molar-refractivity contribution in [3.8, 4) is 0 Å². The van der Waals surface area contributed by atoms with E-state index in [1.165, 1.54) is 15.1 Å². The molecule has 0 bridgehead atoms. The summed E-state index contributed by atoms with van der Waals surface area (Å²) in [6.07, 6.45) is 2.57. The third-order valence-corrected chi connectivity index (χ3v) is 7.31. The molecule has 2 aromatic heterocycles. The number of carbonyl (C=O) groups excluding carboxylic acids is 1. The molecule has 5 rings (SSSR count). The van der Waals surface area contributed by atoms with Crippen molar-refractivity contribution in [3.05, 3.63) is 62.2 Å². The molecular formula is C22H23N3O3S. The fourth-order valence-corrected chi connectivity index (χ4v) is 5.75. The normalized spacial score (nSPS) is 18.2. The quantitative estimate of drug-likeness (QED) is 0.653. The van der Waals surface area contributed by atoms with E-state index in [2.05, 4.69) is 16.5 Å². The van der Waals surface area contributed by atoms with E-state index in [0.29, 0.717) is 18.5 Å². The first-order valence-electron chi connectivity index (χ1n) is 10.0. The monoisotopic (exact) mass is 409 g/mol. The number of hydrogen-bond donors (Lipinski definition) is 0. The van der Waals surface area contributed by atoms with Crippen LogP contribution in [0.1, 0.15) is 29.0 Å². The second-order valence-corrected chi connectivity index (χ2v) is 8.76. The summed E-state index contributed by atoms with van der Waals surface area (Å²) in [5.41, 5.74) is 1.69. The minimum atomic E-state index is -0.243. The molecule has 1 saturated heterocycles. The number of benzene rings is 1. The van der Waals surface area contributed by atoms with E-state index < -0.39 is 0 Å². The van der Waals surface area contributed by atoms with Crippen LogP contribution in [0.4, 0.5) is 0 Å². The van der Waals surface area contributed by atoms with Gasteiger partial charge < -0.3 is 9.64 Å². The minimum absolute atomic E-state index is 0.0252. The molecule has 2 aliphatic rings. The molecule has 150 valence electrons. The Bertz CT molecular complexity index is 1140. The molecule has 4 heterocycles. The Morgan fingerprint density at radius 3 is 2.76 bits per heavy atom. The van der Waals surface area contributed by atoms with Crippen molar-refractivity contribution < 1.29 is 9.53 Å². The number of amides is 1. The van der Waals surface area contributed by atoms with Gasteiger partial charge in [0.05, 0.1) is 17.7 Å². The van der Waals surface area contributed by atoms with Gasteiger partial charge in [0.1, 0.15) is 12.1 Å². The molecule has 1 spiro atoms. The average molecular weight is 410 g/mol. The Morgan fingerprint density at radius 2 is 1.97 bits per heavy atom. The van der Waals surface area contributed by atoms with Gasteiger partial charge in [0, 0.05) is 23.4 Å². The van der Waals surface area contributed by atoms with Crippen molar-refractivity contribution in [2.75, 3.05) is 19.7 Å². The Labute approximate surface area is 172 Å². The van der Waals surface area contributed by atoms with E-state index in [1.54, 1.807) is 17.4 Å². The van der Waals surface area contributed by atoms with E-state index >= 15 is 0 Å². The molecule has 1 aromatic carbocycles. The third kappa shape index (κ3) is 3.09. The zero-order chi connectivity index (χ0) is 20.0. The number of hydrogen-bond acceptors (Lipinski definition) is 5. The van der Waals surface area contributed by atoms with E-state index in [0.717, 1.165) is 36.9 Å². The van der Waals surface area contributed by atoms with Gasteiger partial charge in [-0.15, -0.1) is 11.3 Å². The van der Waals surface area contributed by atoms with Gasteiger partial charge >= 0.3 is 0 Å². The smallest absolute Gasteiger partial charge is 0.275 e. The highest BCUT2D eigenvalue weighted by Gasteiger charge is 2.42. The highest BCUT2D eigenvalue weighted by Crippen LogP contribution is 2.44. The standard InChI is InChI=1S/C22H23N3O3S/c1-15-17-4-2-3-5-18(17)21(27)25(23-15)14-19(26)24-10-8-22(9-11-24)20-16(6-12-28-22)7-13-29-20/h2-5,7,13H,6,8-12,14H2,1H3. The molecule has 1 amide bonds. The number of thiophene rings is 1. The maximum absolute atomic E-state index is 12.9. The molecule has 0 saturated carbocycles. The first kappa shape index (κ1) is 18.5. The highest BCUT2D eigenvalue weighted by molar-refractivity contribution is 7.10. The van der Waals surface area contributed by atoms with Crippen molar-refractivity contribution in [2.45, 2.75) is 38.3 Å². The van der Waals surface area contributed by atoms with Gasteiger partial charge in [0.2, 0.25) is 5.91 Å². The van der Waals surface area contributed by atoms with Crippen molar-refractivity contribution in [2.24, 2.45) is 0 Å². The Balaban J connectivity index is 1.33. The van der Waals surface area contributed by atoms with Crippen LogP contribution in [0.25, 0.3) is 10.8 Å². The number of rotatable bonds is 2. The lowest BCUT2D eigenvalue weighted by Crippen LogP contribution is -2.49. The summed E-state index contributed by atoms with van der Waals surface area (Å²) in [6.45, 7) is 3.86. The number of fused-ring (bicyclic) bond motifs is 3. The summed E-state index contributed by atoms with van der Waals surface area (Å²) in [7, 11) is 0. The Kier molecular flexibility index (Phi) is 4.52. The zero-order valence-corrected chi connectivity index (χ0v) is 17.2. The van der Waals surface area contributed by atoms with E-state index in [-0.39, 0.29) is 23.6 Å². The molecule has 0 radical (unpaired) electrons. The molecule has 0 atom stereocenters. The van der Waals surface area contributed by atoms with Crippen LogP contribution in [0.5, 0.6) is 0 Å². The van der Waals surface area contributed by atoms with Gasteiger partial charge in [0.15, 0.2) is 0 Å². The molecule has 0 aliphatic carbocycles. The van der Waals surface area contributed by atoms with Crippen LogP contribution in [0.2, 0.25) is 0 Å². The molecule has 7 heteroatoms. The van der Waals surface area contributed by atoms with Gasteiger partial charge in [-0.05, 0) is 49.3 Å². The predicted molar refractivity (Wildman–Crippen MR) is 112 cm³/mol. The van der Waals surface area contributed by atoms with Crippen LogP contribution in [-0.4, -0.2) is 40.3 Å². The summed E-state index contributed by atoms with van der Waals surface area (Å²) < 4.78 is 7.53. The van der Waals surface area contributed by atoms with Crippen molar-refractivity contribution in [1.29, 1.82) is 0 Å². The molecule has 6 nitrogen and oxygen atoms in total. The van der Waals surface area contributed by atoms with Gasteiger partial charge in [-0.25, -0.2) is 4.68 Å². The van der Waals surface area contributed by atoms with Crippen molar-refractivity contribution >= 4 is 28.0 Å². The van der Waals surface area contributed by atoms with Crippen LogP contribution in [0.15, 0.2) is 40.5 Å². The fourth-order valence-electron chi connectivity index (χ4n) is 4.58. The lowest BCUT2D eigenvalue weighted by molar-refractivity contribution is -0.141. The Morgan fingerprint density at radius 1 is 1.21 bits per heavy atom. The molecular weight excluding hydrogens is 386 g/mol. The van der Waals surface area contributed by atoms with Crippen LogP contribution >= 0.6 is 11.3 Å². The number of likely N-dealkylation sites (tertiary alicyclic amines) is 1. The van der Waals surface area contributed by atoms with Gasteiger partial charge in [-0.1, -0.05) is 18.2 Å². The number of aromatic nitrogens is 2. The molecule has 1 fully saturated rings. The molecule has 0 N–H and O–H groups in total. The first-order valence-corrected chi connectivity index (χ1v) is 10.9. The summed E-state index contributed by atoms with van der Waals surface area (Å²) in [5.74, 6) is -0.0636. The van der Waals surface area contributed by atoms with Crippen molar-refractivity contribution in [3.63, 3.8) is 0 Å². The van der Waals surface area contributed by atoms with Crippen LogP contribution in [0.3, 0.4) is 0 Å². The van der Waals surface area contributed by atoms with E-state index in [1.807, 2.05) is 30.0 Å². The predicted octanol–water partition coefficient (Wildman–Crippen LogP) is 2.86. The first-order chi connectivity index (χ1) is 14.1. The number of aryl methyl sites for hydroxylation is 1. The van der Waals surface area contributed by atoms with E-state index in [9.17, 15) is 9.59 Å². The highest BCUT2D eigenvalue weighted by atomic mass is 32.1. The Hall–Kier alpha value is -2.51. The van der Waals surface area contributed by atoms with E-state index in [4.69, 9.17) is 4.74 Å². The SMILES string of the molecule is Cc1nn(CC(=O)N2CCC3(CC2)OCCc2ccsc23)c(=O)c2ccccc12. The second-order valence-electron chi connectivity index (χ2n) is 7.84. The summed E-state index contributed by atoms with van der Waals surface area (Å²) in [5, 5.41) is 7.95. The topological polar surface area (TPSA) is 64.4 Å². The average Bonchev–Trinajstić information content (AvgIpc) is 3.23. The molecule has 3 aromatic rings. The summed E-state index contributed by atoms with van der Waals surface area (Å²) in [6, 6.07) is 9.60. The third-order valence-electron chi connectivity index (χ3n) is 6.17. The number of ether oxygens (including phenoxy) is 1.